The predicted octanol–water partition coefficient (Wildman–Crippen LogP) is 0.702. The number of anilines is 1. The van der Waals surface area contributed by atoms with E-state index in [4.69, 9.17) is 4.42 Å². The first kappa shape index (κ1) is 15.4. The number of rotatable bonds is 8. The van der Waals surface area contributed by atoms with Crippen LogP contribution in [0.2, 0.25) is 0 Å². The Labute approximate surface area is 113 Å². The van der Waals surface area contributed by atoms with E-state index in [0.717, 1.165) is 13.0 Å². The zero-order chi connectivity index (χ0) is 14.3. The standard InChI is InChI=1S/C12H23N5O2/c1-5-7-14-10(18)8-17(4)12-16-15-11(19-12)9(3)13-6-2/h9,13H,5-8H2,1-4H3,(H,14,18). The van der Waals surface area contributed by atoms with Crippen molar-refractivity contribution in [3.05, 3.63) is 5.89 Å². The number of hydrogen-bond acceptors (Lipinski definition) is 6. The molecule has 1 aromatic rings. The van der Waals surface area contributed by atoms with Crippen molar-refractivity contribution >= 4 is 11.9 Å². The van der Waals surface area contributed by atoms with E-state index in [1.165, 1.54) is 0 Å². The summed E-state index contributed by atoms with van der Waals surface area (Å²) in [5, 5.41) is 13.9. The summed E-state index contributed by atoms with van der Waals surface area (Å²) in [6.07, 6.45) is 0.917. The molecular formula is C12H23N5O2. The van der Waals surface area contributed by atoms with Gasteiger partial charge in [-0.05, 0) is 19.9 Å². The van der Waals surface area contributed by atoms with Gasteiger partial charge in [0.2, 0.25) is 11.8 Å². The lowest BCUT2D eigenvalue weighted by atomic mass is 10.3. The number of hydrogen-bond donors (Lipinski definition) is 2. The molecule has 1 amide bonds. The van der Waals surface area contributed by atoms with Crippen molar-refractivity contribution < 1.29 is 9.21 Å². The zero-order valence-electron chi connectivity index (χ0n) is 12.1. The first-order valence-corrected chi connectivity index (χ1v) is 6.63. The number of carbonyl (C=O) groups is 1. The molecule has 7 heteroatoms. The quantitative estimate of drug-likeness (QED) is 0.723. The minimum atomic E-state index is -0.0520. The van der Waals surface area contributed by atoms with Gasteiger partial charge in [-0.15, -0.1) is 5.10 Å². The molecule has 1 aromatic heterocycles. The van der Waals surface area contributed by atoms with Crippen LogP contribution in [0, 0.1) is 0 Å². The average molecular weight is 269 g/mol. The highest BCUT2D eigenvalue weighted by atomic mass is 16.4. The Morgan fingerprint density at radius 1 is 1.42 bits per heavy atom. The van der Waals surface area contributed by atoms with Crippen LogP contribution in [0.5, 0.6) is 0 Å². The van der Waals surface area contributed by atoms with E-state index < -0.39 is 0 Å². The molecule has 0 aromatic carbocycles. The van der Waals surface area contributed by atoms with Crippen LogP contribution in [-0.2, 0) is 4.79 Å². The second-order valence-corrected chi connectivity index (χ2v) is 4.41. The van der Waals surface area contributed by atoms with Gasteiger partial charge in [0, 0.05) is 13.6 Å². The van der Waals surface area contributed by atoms with Gasteiger partial charge in [0.25, 0.3) is 0 Å². The third-order valence-electron chi connectivity index (χ3n) is 2.59. The maximum atomic E-state index is 11.6. The van der Waals surface area contributed by atoms with E-state index in [1.54, 1.807) is 11.9 Å². The highest BCUT2D eigenvalue weighted by Gasteiger charge is 2.16. The van der Waals surface area contributed by atoms with E-state index >= 15 is 0 Å². The van der Waals surface area contributed by atoms with Gasteiger partial charge in [-0.1, -0.05) is 18.9 Å². The third-order valence-corrected chi connectivity index (χ3v) is 2.59. The molecule has 0 radical (unpaired) electrons. The lowest BCUT2D eigenvalue weighted by Crippen LogP contribution is -2.35. The normalized spacial score (nSPS) is 12.2. The summed E-state index contributed by atoms with van der Waals surface area (Å²) >= 11 is 0. The minimum absolute atomic E-state index is 0.00793. The Bertz CT molecular complexity index is 393. The molecule has 1 rings (SSSR count). The summed E-state index contributed by atoms with van der Waals surface area (Å²) in [5.41, 5.74) is 0. The second-order valence-electron chi connectivity index (χ2n) is 4.41. The molecule has 0 bridgehead atoms. The van der Waals surface area contributed by atoms with Crippen molar-refractivity contribution in [2.24, 2.45) is 0 Å². The van der Waals surface area contributed by atoms with Gasteiger partial charge in [-0.3, -0.25) is 4.79 Å². The average Bonchev–Trinajstić information content (AvgIpc) is 2.86. The van der Waals surface area contributed by atoms with E-state index in [0.29, 0.717) is 18.5 Å². The van der Waals surface area contributed by atoms with E-state index in [2.05, 4.69) is 20.8 Å². The highest BCUT2D eigenvalue weighted by molar-refractivity contribution is 5.80. The predicted molar refractivity (Wildman–Crippen MR) is 73.0 cm³/mol. The van der Waals surface area contributed by atoms with E-state index in [1.807, 2.05) is 20.8 Å². The summed E-state index contributed by atoms with van der Waals surface area (Å²) in [5.74, 6) is 0.474. The maximum absolute atomic E-state index is 11.6. The summed E-state index contributed by atoms with van der Waals surface area (Å²) in [4.78, 5) is 13.2. The fraction of sp³-hybridized carbons (Fsp3) is 0.750. The molecule has 0 fully saturated rings. The van der Waals surface area contributed by atoms with Gasteiger partial charge in [0.05, 0.1) is 6.04 Å². The first-order valence-electron chi connectivity index (χ1n) is 6.63. The highest BCUT2D eigenvalue weighted by Crippen LogP contribution is 2.15. The molecule has 1 atom stereocenters. The van der Waals surface area contributed by atoms with Crippen LogP contribution in [0.1, 0.15) is 39.1 Å². The smallest absolute Gasteiger partial charge is 0.318 e. The van der Waals surface area contributed by atoms with Crippen LogP contribution in [0.4, 0.5) is 6.01 Å². The van der Waals surface area contributed by atoms with Crippen LogP contribution < -0.4 is 15.5 Å². The Morgan fingerprint density at radius 2 is 2.16 bits per heavy atom. The number of amides is 1. The van der Waals surface area contributed by atoms with Crippen molar-refractivity contribution in [3.8, 4) is 0 Å². The van der Waals surface area contributed by atoms with Crippen molar-refractivity contribution in [1.82, 2.24) is 20.8 Å². The summed E-state index contributed by atoms with van der Waals surface area (Å²) in [7, 11) is 1.75. The number of carbonyl (C=O) groups excluding carboxylic acids is 1. The topological polar surface area (TPSA) is 83.3 Å². The summed E-state index contributed by atoms with van der Waals surface area (Å²) in [6.45, 7) is 7.69. The number of aromatic nitrogens is 2. The monoisotopic (exact) mass is 269 g/mol. The number of nitrogens with one attached hydrogen (secondary N) is 2. The summed E-state index contributed by atoms with van der Waals surface area (Å²) < 4.78 is 5.53. The lowest BCUT2D eigenvalue weighted by Gasteiger charge is -2.13. The van der Waals surface area contributed by atoms with E-state index in [-0.39, 0.29) is 18.5 Å². The Balaban J connectivity index is 2.53. The van der Waals surface area contributed by atoms with Crippen LogP contribution in [0.3, 0.4) is 0 Å². The van der Waals surface area contributed by atoms with Crippen LogP contribution >= 0.6 is 0 Å². The molecule has 0 aliphatic rings. The number of nitrogens with zero attached hydrogens (tertiary/aromatic N) is 3. The van der Waals surface area contributed by atoms with Crippen LogP contribution in [0.15, 0.2) is 4.42 Å². The van der Waals surface area contributed by atoms with Gasteiger partial charge in [-0.25, -0.2) is 0 Å². The Morgan fingerprint density at radius 3 is 2.79 bits per heavy atom. The van der Waals surface area contributed by atoms with Crippen LogP contribution in [-0.4, -0.2) is 42.8 Å². The molecule has 0 saturated heterocycles. The third kappa shape index (κ3) is 4.86. The molecular weight excluding hydrogens is 246 g/mol. The van der Waals surface area contributed by atoms with Crippen molar-refractivity contribution in [1.29, 1.82) is 0 Å². The van der Waals surface area contributed by atoms with Crippen molar-refractivity contribution in [2.45, 2.75) is 33.2 Å². The van der Waals surface area contributed by atoms with Gasteiger partial charge >= 0.3 is 6.01 Å². The SMILES string of the molecule is CCCNC(=O)CN(C)c1nnc(C(C)NCC)o1. The fourth-order valence-corrected chi connectivity index (χ4v) is 1.55. The van der Waals surface area contributed by atoms with Gasteiger partial charge in [0.1, 0.15) is 6.54 Å². The van der Waals surface area contributed by atoms with Crippen molar-refractivity contribution in [2.75, 3.05) is 31.6 Å². The van der Waals surface area contributed by atoms with E-state index in [9.17, 15) is 4.79 Å². The molecule has 0 aliphatic carbocycles. The maximum Gasteiger partial charge on any atom is 0.318 e. The van der Waals surface area contributed by atoms with Crippen LogP contribution in [0.25, 0.3) is 0 Å². The Kier molecular flexibility index (Phi) is 6.27. The van der Waals surface area contributed by atoms with Crippen molar-refractivity contribution in [3.63, 3.8) is 0 Å². The first-order chi connectivity index (χ1) is 9.08. The summed E-state index contributed by atoms with van der Waals surface area (Å²) in [6, 6.07) is 0.361. The van der Waals surface area contributed by atoms with Gasteiger partial charge < -0.3 is 20.0 Å². The lowest BCUT2D eigenvalue weighted by molar-refractivity contribution is -0.119. The second kappa shape index (κ2) is 7.73. The molecule has 7 nitrogen and oxygen atoms in total. The van der Waals surface area contributed by atoms with Gasteiger partial charge in [-0.2, -0.15) is 0 Å². The number of likely N-dealkylation sites (N-methyl/N-ethyl adjacent to an activating group) is 1. The fourth-order valence-electron chi connectivity index (χ4n) is 1.55. The molecule has 1 unspecified atom stereocenters. The molecule has 1 heterocycles. The molecule has 0 saturated carbocycles. The molecule has 0 aliphatic heterocycles. The van der Waals surface area contributed by atoms with Gasteiger partial charge in [0.15, 0.2) is 0 Å². The molecule has 2 N–H and O–H groups in total. The zero-order valence-corrected chi connectivity index (χ0v) is 12.1. The largest absolute Gasteiger partial charge is 0.406 e. The molecule has 19 heavy (non-hydrogen) atoms. The minimum Gasteiger partial charge on any atom is -0.406 e. The molecule has 108 valence electrons. The molecule has 0 spiro atoms. The Hall–Kier alpha value is -1.63.